The molecule has 1 aromatic carbocycles. The summed E-state index contributed by atoms with van der Waals surface area (Å²) in [5, 5.41) is 17.5. The van der Waals surface area contributed by atoms with Crippen molar-refractivity contribution >= 4 is 29.9 Å². The second-order valence-electron chi connectivity index (χ2n) is 7.99. The molecule has 0 aliphatic carbocycles. The van der Waals surface area contributed by atoms with Gasteiger partial charge in [0.25, 0.3) is 0 Å². The highest BCUT2D eigenvalue weighted by molar-refractivity contribution is 14.0. The smallest absolute Gasteiger partial charge is 0.191 e. The Morgan fingerprint density at radius 2 is 1.93 bits per heavy atom. The van der Waals surface area contributed by atoms with E-state index >= 15 is 0 Å². The van der Waals surface area contributed by atoms with E-state index < -0.39 is 5.60 Å². The van der Waals surface area contributed by atoms with Crippen LogP contribution in [-0.2, 0) is 5.60 Å². The number of nitrogens with zero attached hydrogens (tertiary/aromatic N) is 2. The number of aliphatic imine (C=N–C) groups is 1. The van der Waals surface area contributed by atoms with Gasteiger partial charge in [-0.15, -0.1) is 24.0 Å². The molecular weight excluding hydrogens is 491 g/mol. The van der Waals surface area contributed by atoms with Gasteiger partial charge in [0.05, 0.1) is 12.8 Å². The average molecular weight is 526 g/mol. The lowest BCUT2D eigenvalue weighted by atomic mass is 10.0. The quantitative estimate of drug-likeness (QED) is 0.290. The van der Waals surface area contributed by atoms with Crippen LogP contribution in [0.1, 0.15) is 51.0 Å². The van der Waals surface area contributed by atoms with Crippen LogP contribution >= 0.6 is 24.0 Å². The van der Waals surface area contributed by atoms with E-state index in [1.807, 2.05) is 6.92 Å². The Balaban J connectivity index is 0.00000320. The Morgan fingerprint density at radius 1 is 1.23 bits per heavy atom. The molecule has 6 nitrogen and oxygen atoms in total. The molecule has 1 aromatic heterocycles. The molecule has 0 bridgehead atoms. The Bertz CT molecular complexity index is 757. The van der Waals surface area contributed by atoms with Crippen LogP contribution in [0.3, 0.4) is 0 Å². The molecule has 2 heterocycles. The van der Waals surface area contributed by atoms with Crippen LogP contribution in [0, 0.1) is 0 Å². The fourth-order valence-corrected chi connectivity index (χ4v) is 3.78. The van der Waals surface area contributed by atoms with Gasteiger partial charge in [-0.1, -0.05) is 30.3 Å². The van der Waals surface area contributed by atoms with E-state index in [1.54, 1.807) is 25.3 Å². The summed E-state index contributed by atoms with van der Waals surface area (Å²) in [6.07, 6.45) is 3.70. The minimum Gasteiger partial charge on any atom is -0.466 e. The maximum atomic E-state index is 10.6. The van der Waals surface area contributed by atoms with Crippen LogP contribution in [0.2, 0.25) is 0 Å². The standard InChI is InChI=1S/C23H34N4O2.HI/c1-4-24-22(25-17-23(3,28)21-11-8-16-29-21)26-20-12-14-27(15-13-20)18(2)19-9-6-5-7-10-19;/h5-11,16,18,20,28H,4,12-15,17H2,1-3H3,(H2,24,25,26);1H. The predicted octanol–water partition coefficient (Wildman–Crippen LogP) is 3.89. The van der Waals surface area contributed by atoms with Crippen molar-refractivity contribution < 1.29 is 9.52 Å². The van der Waals surface area contributed by atoms with E-state index in [9.17, 15) is 5.11 Å². The average Bonchev–Trinajstić information content (AvgIpc) is 3.29. The summed E-state index contributed by atoms with van der Waals surface area (Å²) in [6.45, 7) is 9.17. The molecule has 1 fully saturated rings. The fourth-order valence-electron chi connectivity index (χ4n) is 3.78. The number of rotatable bonds is 7. The molecule has 3 rings (SSSR count). The monoisotopic (exact) mass is 526 g/mol. The molecule has 0 radical (unpaired) electrons. The zero-order chi connectivity index (χ0) is 20.7. The SMILES string of the molecule is CCNC(=NCC(C)(O)c1ccco1)NC1CCN(C(C)c2ccccc2)CC1.I. The molecule has 0 amide bonds. The molecule has 0 spiro atoms. The van der Waals surface area contributed by atoms with Crippen LogP contribution in [0.5, 0.6) is 0 Å². The predicted molar refractivity (Wildman–Crippen MR) is 132 cm³/mol. The van der Waals surface area contributed by atoms with E-state index in [1.165, 1.54) is 5.56 Å². The first-order valence-electron chi connectivity index (χ1n) is 10.6. The third kappa shape index (κ3) is 6.72. The molecule has 2 atom stereocenters. The van der Waals surface area contributed by atoms with E-state index in [0.717, 1.165) is 38.4 Å². The Morgan fingerprint density at radius 3 is 2.53 bits per heavy atom. The summed E-state index contributed by atoms with van der Waals surface area (Å²) in [7, 11) is 0. The topological polar surface area (TPSA) is 73.0 Å². The van der Waals surface area contributed by atoms with Crippen molar-refractivity contribution in [1.29, 1.82) is 0 Å². The van der Waals surface area contributed by atoms with Crippen molar-refractivity contribution in [2.24, 2.45) is 4.99 Å². The number of piperidine rings is 1. The van der Waals surface area contributed by atoms with Gasteiger partial charge in [0.2, 0.25) is 0 Å². The zero-order valence-corrected chi connectivity index (χ0v) is 20.5. The molecular formula is C23H35IN4O2. The number of aliphatic hydroxyl groups is 1. The number of nitrogens with one attached hydrogen (secondary N) is 2. The molecule has 1 aliphatic heterocycles. The van der Waals surface area contributed by atoms with E-state index in [0.29, 0.717) is 17.8 Å². The van der Waals surface area contributed by atoms with Crippen molar-refractivity contribution in [1.82, 2.24) is 15.5 Å². The van der Waals surface area contributed by atoms with Gasteiger partial charge in [-0.25, -0.2) is 4.99 Å². The van der Waals surface area contributed by atoms with Gasteiger partial charge in [0, 0.05) is 31.7 Å². The summed E-state index contributed by atoms with van der Waals surface area (Å²) in [4.78, 5) is 7.15. The highest BCUT2D eigenvalue weighted by Crippen LogP contribution is 2.24. The normalized spacial score (nSPS) is 18.9. The van der Waals surface area contributed by atoms with Crippen LogP contribution < -0.4 is 10.6 Å². The van der Waals surface area contributed by atoms with Crippen molar-refractivity contribution in [3.8, 4) is 0 Å². The number of hydrogen-bond donors (Lipinski definition) is 3. The number of halogens is 1. The number of guanidine groups is 1. The molecule has 1 aliphatic rings. The third-order valence-corrected chi connectivity index (χ3v) is 5.64. The number of hydrogen-bond acceptors (Lipinski definition) is 4. The maximum Gasteiger partial charge on any atom is 0.191 e. The molecule has 166 valence electrons. The molecule has 1 saturated heterocycles. The van der Waals surface area contributed by atoms with Gasteiger partial charge in [-0.3, -0.25) is 4.90 Å². The molecule has 7 heteroatoms. The minimum absolute atomic E-state index is 0. The number of benzene rings is 1. The summed E-state index contributed by atoms with van der Waals surface area (Å²) < 4.78 is 5.35. The maximum absolute atomic E-state index is 10.6. The summed E-state index contributed by atoms with van der Waals surface area (Å²) >= 11 is 0. The van der Waals surface area contributed by atoms with Crippen molar-refractivity contribution in [2.45, 2.75) is 51.3 Å². The number of furan rings is 1. The van der Waals surface area contributed by atoms with E-state index in [-0.39, 0.29) is 30.5 Å². The molecule has 2 unspecified atom stereocenters. The molecule has 3 N–H and O–H groups in total. The van der Waals surface area contributed by atoms with Crippen LogP contribution in [0.15, 0.2) is 58.1 Å². The lowest BCUT2D eigenvalue weighted by molar-refractivity contribution is 0.0436. The Kier molecular flexibility index (Phi) is 9.64. The summed E-state index contributed by atoms with van der Waals surface area (Å²) in [5.74, 6) is 1.27. The molecule has 0 saturated carbocycles. The lowest BCUT2D eigenvalue weighted by Gasteiger charge is -2.37. The van der Waals surface area contributed by atoms with Crippen molar-refractivity contribution in [2.75, 3.05) is 26.2 Å². The first-order valence-corrected chi connectivity index (χ1v) is 10.6. The first kappa shape index (κ1) is 24.7. The van der Waals surface area contributed by atoms with E-state index in [2.05, 4.69) is 57.8 Å². The van der Waals surface area contributed by atoms with Gasteiger partial charge in [-0.2, -0.15) is 0 Å². The van der Waals surface area contributed by atoms with Crippen LogP contribution in [-0.4, -0.2) is 48.2 Å². The van der Waals surface area contributed by atoms with Crippen molar-refractivity contribution in [3.05, 3.63) is 60.1 Å². The summed E-state index contributed by atoms with van der Waals surface area (Å²) in [6, 6.07) is 15.1. The van der Waals surface area contributed by atoms with Gasteiger partial charge in [0.1, 0.15) is 11.4 Å². The summed E-state index contributed by atoms with van der Waals surface area (Å²) in [5.41, 5.74) is 0.245. The molecule has 2 aromatic rings. The van der Waals surface area contributed by atoms with Crippen LogP contribution in [0.4, 0.5) is 0 Å². The van der Waals surface area contributed by atoms with Gasteiger partial charge < -0.3 is 20.2 Å². The van der Waals surface area contributed by atoms with Gasteiger partial charge in [0.15, 0.2) is 5.96 Å². The van der Waals surface area contributed by atoms with Crippen LogP contribution in [0.25, 0.3) is 0 Å². The lowest BCUT2D eigenvalue weighted by Crippen LogP contribution is -2.49. The number of likely N-dealkylation sites (tertiary alicyclic amines) is 1. The second-order valence-corrected chi connectivity index (χ2v) is 7.99. The van der Waals surface area contributed by atoms with Gasteiger partial charge in [-0.05, 0) is 51.3 Å². The third-order valence-electron chi connectivity index (χ3n) is 5.64. The minimum atomic E-state index is -1.12. The Labute approximate surface area is 197 Å². The van der Waals surface area contributed by atoms with E-state index in [4.69, 9.17) is 4.42 Å². The van der Waals surface area contributed by atoms with Gasteiger partial charge >= 0.3 is 0 Å². The van der Waals surface area contributed by atoms with Crippen molar-refractivity contribution in [3.63, 3.8) is 0 Å². The highest BCUT2D eigenvalue weighted by atomic mass is 127. The highest BCUT2D eigenvalue weighted by Gasteiger charge is 2.27. The zero-order valence-electron chi connectivity index (χ0n) is 18.2. The Hall–Kier alpha value is -1.58. The fraction of sp³-hybridized carbons (Fsp3) is 0.522. The molecule has 30 heavy (non-hydrogen) atoms. The second kappa shape index (κ2) is 11.7. The first-order chi connectivity index (χ1) is 14.0. The largest absolute Gasteiger partial charge is 0.466 e.